The fraction of sp³-hybridized carbons (Fsp3) is 0.455. The van der Waals surface area contributed by atoms with E-state index in [0.29, 0.717) is 36.8 Å². The van der Waals surface area contributed by atoms with Gasteiger partial charge in [-0.25, -0.2) is 4.79 Å². The molecule has 8 heteroatoms. The normalized spacial score (nSPS) is 17.9. The van der Waals surface area contributed by atoms with Crippen LogP contribution in [0.3, 0.4) is 0 Å². The van der Waals surface area contributed by atoms with E-state index >= 15 is 0 Å². The van der Waals surface area contributed by atoms with Gasteiger partial charge in [-0.05, 0) is 23.1 Å². The van der Waals surface area contributed by atoms with Gasteiger partial charge in [-0.1, -0.05) is 50.6 Å². The van der Waals surface area contributed by atoms with Crippen LogP contribution in [-0.4, -0.2) is 56.3 Å². The summed E-state index contributed by atoms with van der Waals surface area (Å²) in [6, 6.07) is 8.84. The Morgan fingerprint density at radius 1 is 1.13 bits per heavy atom. The molecule has 1 amide bonds. The zero-order chi connectivity index (χ0) is 22.1. The quantitative estimate of drug-likeness (QED) is 0.771. The van der Waals surface area contributed by atoms with Gasteiger partial charge in [-0.2, -0.15) is 0 Å². The first-order chi connectivity index (χ1) is 14.1. The van der Waals surface area contributed by atoms with Crippen molar-refractivity contribution in [2.75, 3.05) is 19.6 Å². The molecule has 0 radical (unpaired) electrons. The van der Waals surface area contributed by atoms with E-state index in [4.69, 9.17) is 11.6 Å². The first-order valence-electron chi connectivity index (χ1n) is 9.94. The maximum absolute atomic E-state index is 12.7. The van der Waals surface area contributed by atoms with Crippen LogP contribution < -0.4 is 5.56 Å². The van der Waals surface area contributed by atoms with Gasteiger partial charge in [0.05, 0.1) is 12.6 Å². The van der Waals surface area contributed by atoms with Crippen LogP contribution in [0, 0.1) is 5.41 Å². The van der Waals surface area contributed by atoms with Crippen molar-refractivity contribution in [1.29, 1.82) is 0 Å². The zero-order valence-corrected chi connectivity index (χ0v) is 18.3. The van der Waals surface area contributed by atoms with Crippen molar-refractivity contribution in [3.8, 4) is 5.75 Å². The molecular formula is C22H28ClN3O4. The molecule has 1 atom stereocenters. The van der Waals surface area contributed by atoms with Crippen LogP contribution in [0.5, 0.6) is 5.75 Å². The summed E-state index contributed by atoms with van der Waals surface area (Å²) in [5, 5.41) is 20.6. The van der Waals surface area contributed by atoms with Crippen LogP contribution in [0.2, 0.25) is 5.02 Å². The molecule has 0 saturated carbocycles. The number of aromatic nitrogens is 1. The lowest BCUT2D eigenvalue weighted by Gasteiger charge is -2.46. The second kappa shape index (κ2) is 8.70. The predicted molar refractivity (Wildman–Crippen MR) is 116 cm³/mol. The molecule has 2 aromatic rings. The number of pyridine rings is 1. The highest BCUT2D eigenvalue weighted by atomic mass is 35.5. The van der Waals surface area contributed by atoms with Crippen molar-refractivity contribution < 1.29 is 15.0 Å². The van der Waals surface area contributed by atoms with Gasteiger partial charge in [-0.3, -0.25) is 9.69 Å². The molecule has 2 heterocycles. The smallest absolute Gasteiger partial charge is 0.407 e. The number of aromatic hydroxyl groups is 1. The number of benzene rings is 1. The average Bonchev–Trinajstić information content (AvgIpc) is 2.68. The lowest BCUT2D eigenvalue weighted by atomic mass is 9.84. The summed E-state index contributed by atoms with van der Waals surface area (Å²) in [5.74, 6) is -0.280. The van der Waals surface area contributed by atoms with Crippen molar-refractivity contribution in [1.82, 2.24) is 14.4 Å². The summed E-state index contributed by atoms with van der Waals surface area (Å²) in [6.45, 7) is 8.18. The van der Waals surface area contributed by atoms with Crippen molar-refractivity contribution in [2.45, 2.75) is 39.9 Å². The number of carboxylic acid groups (broad SMARTS) is 1. The molecule has 2 N–H and O–H groups in total. The van der Waals surface area contributed by atoms with E-state index in [1.54, 1.807) is 18.3 Å². The molecule has 162 valence electrons. The molecule has 1 aromatic heterocycles. The average molecular weight is 434 g/mol. The first kappa shape index (κ1) is 22.2. The van der Waals surface area contributed by atoms with Crippen molar-refractivity contribution in [3.63, 3.8) is 0 Å². The third-order valence-electron chi connectivity index (χ3n) is 5.63. The van der Waals surface area contributed by atoms with Crippen molar-refractivity contribution in [2.24, 2.45) is 5.41 Å². The fourth-order valence-corrected chi connectivity index (χ4v) is 4.05. The summed E-state index contributed by atoms with van der Waals surface area (Å²) in [6.07, 6.45) is 0.745. The number of hydrogen-bond donors (Lipinski definition) is 2. The Hall–Kier alpha value is -2.51. The van der Waals surface area contributed by atoms with E-state index in [1.807, 2.05) is 39.0 Å². The third-order valence-corrected chi connectivity index (χ3v) is 5.99. The summed E-state index contributed by atoms with van der Waals surface area (Å²) in [4.78, 5) is 27.8. The van der Waals surface area contributed by atoms with Crippen LogP contribution >= 0.6 is 11.6 Å². The highest BCUT2D eigenvalue weighted by Crippen LogP contribution is 2.29. The van der Waals surface area contributed by atoms with E-state index in [9.17, 15) is 19.8 Å². The van der Waals surface area contributed by atoms with Gasteiger partial charge < -0.3 is 19.7 Å². The Morgan fingerprint density at radius 3 is 2.47 bits per heavy atom. The molecule has 1 aromatic carbocycles. The summed E-state index contributed by atoms with van der Waals surface area (Å²) >= 11 is 6.18. The highest BCUT2D eigenvalue weighted by Gasteiger charge is 2.38. The number of piperazine rings is 1. The van der Waals surface area contributed by atoms with Gasteiger partial charge in [-0.15, -0.1) is 0 Å². The molecule has 0 spiro atoms. The molecule has 1 aliphatic rings. The van der Waals surface area contributed by atoms with E-state index in [1.165, 1.54) is 9.47 Å². The Kier molecular flexibility index (Phi) is 6.43. The molecule has 30 heavy (non-hydrogen) atoms. The molecule has 1 unspecified atom stereocenters. The van der Waals surface area contributed by atoms with Crippen LogP contribution in [-0.2, 0) is 13.1 Å². The monoisotopic (exact) mass is 433 g/mol. The van der Waals surface area contributed by atoms with Gasteiger partial charge in [0.15, 0.2) is 5.75 Å². The predicted octanol–water partition coefficient (Wildman–Crippen LogP) is 3.47. The number of halogens is 1. The summed E-state index contributed by atoms with van der Waals surface area (Å²) in [5.41, 5.74) is 0.638. The fourth-order valence-electron chi connectivity index (χ4n) is 3.86. The van der Waals surface area contributed by atoms with Gasteiger partial charge in [0.1, 0.15) is 0 Å². The van der Waals surface area contributed by atoms with E-state index < -0.39 is 11.7 Å². The van der Waals surface area contributed by atoms with Crippen molar-refractivity contribution >= 4 is 17.7 Å². The summed E-state index contributed by atoms with van der Waals surface area (Å²) < 4.78 is 1.43. The molecule has 1 fully saturated rings. The van der Waals surface area contributed by atoms with E-state index in [0.717, 1.165) is 5.56 Å². The SMILES string of the molecule is CC(C)(C)C1CN(Cc2ccn(Cc3ccccc3Cl)c(=O)c2O)CCN1C(=O)O. The van der Waals surface area contributed by atoms with Gasteiger partial charge in [0.2, 0.25) is 0 Å². The van der Waals surface area contributed by atoms with E-state index in [2.05, 4.69) is 4.90 Å². The first-order valence-corrected chi connectivity index (χ1v) is 10.3. The standard InChI is InChI=1S/C22H28ClN3O4/c1-22(2,3)18-14-24(10-11-26(18)21(29)30)12-16-8-9-25(20(28)19(16)27)13-15-6-4-5-7-17(15)23/h4-9,18,27H,10-14H2,1-3H3,(H,29,30). The zero-order valence-electron chi connectivity index (χ0n) is 17.5. The molecule has 0 bridgehead atoms. The van der Waals surface area contributed by atoms with Gasteiger partial charge in [0, 0.05) is 43.0 Å². The molecule has 3 rings (SSSR count). The second-order valence-corrected chi connectivity index (χ2v) is 9.21. The van der Waals surface area contributed by atoms with Gasteiger partial charge >= 0.3 is 6.09 Å². The molecule has 0 aliphatic carbocycles. The Labute approximate surface area is 181 Å². The Morgan fingerprint density at radius 2 is 1.83 bits per heavy atom. The summed E-state index contributed by atoms with van der Waals surface area (Å²) in [7, 11) is 0. The Balaban J connectivity index is 1.77. The minimum Gasteiger partial charge on any atom is -0.503 e. The third kappa shape index (κ3) is 4.79. The van der Waals surface area contributed by atoms with Crippen LogP contribution in [0.4, 0.5) is 4.79 Å². The Bertz CT molecular complexity index is 983. The van der Waals surface area contributed by atoms with Crippen LogP contribution in [0.1, 0.15) is 31.9 Å². The number of hydrogen-bond acceptors (Lipinski definition) is 4. The van der Waals surface area contributed by atoms with Gasteiger partial charge in [0.25, 0.3) is 5.56 Å². The topological polar surface area (TPSA) is 86.0 Å². The maximum Gasteiger partial charge on any atom is 0.407 e. The molecule has 1 saturated heterocycles. The number of nitrogens with zero attached hydrogens (tertiary/aromatic N) is 3. The second-order valence-electron chi connectivity index (χ2n) is 8.81. The lowest BCUT2D eigenvalue weighted by Crippen LogP contribution is -2.59. The van der Waals surface area contributed by atoms with Crippen molar-refractivity contribution in [3.05, 3.63) is 63.0 Å². The minimum absolute atomic E-state index is 0.175. The number of amides is 1. The minimum atomic E-state index is -0.917. The van der Waals surface area contributed by atoms with Crippen LogP contribution in [0.25, 0.3) is 0 Å². The number of rotatable bonds is 4. The maximum atomic E-state index is 12.7. The molecule has 7 nitrogen and oxygen atoms in total. The lowest BCUT2D eigenvalue weighted by molar-refractivity contribution is 0.0187. The molecular weight excluding hydrogens is 406 g/mol. The number of carbonyl (C=O) groups is 1. The van der Waals surface area contributed by atoms with E-state index in [-0.39, 0.29) is 23.8 Å². The largest absolute Gasteiger partial charge is 0.503 e. The molecule has 1 aliphatic heterocycles. The van der Waals surface area contributed by atoms with Crippen LogP contribution in [0.15, 0.2) is 41.3 Å². The highest BCUT2D eigenvalue weighted by molar-refractivity contribution is 6.31.